The molecule has 0 aliphatic carbocycles. The highest BCUT2D eigenvalue weighted by Gasteiger charge is 2.18. The molecule has 0 N–H and O–H groups in total. The first-order valence-corrected chi connectivity index (χ1v) is 22.6. The zero-order valence-electron chi connectivity index (χ0n) is 37.5. The molecule has 0 fully saturated rings. The predicted molar refractivity (Wildman–Crippen MR) is 270 cm³/mol. The van der Waals surface area contributed by atoms with Gasteiger partial charge in [-0.1, -0.05) is 205 Å². The first-order valence-electron chi connectivity index (χ1n) is 22.6. The maximum Gasteiger partial charge on any atom is 0.192 e. The summed E-state index contributed by atoms with van der Waals surface area (Å²) in [6, 6.07) is 63.5. The van der Waals surface area contributed by atoms with Gasteiger partial charge in [0.2, 0.25) is 0 Å². The van der Waals surface area contributed by atoms with Gasteiger partial charge in [-0.25, -0.2) is 0 Å². The molecule has 0 aliphatic rings. The van der Waals surface area contributed by atoms with E-state index in [0.717, 1.165) is 19.4 Å². The third-order valence-electron chi connectivity index (χ3n) is 13.6. The molecular weight excluding hydrogens is 745 g/mol. The summed E-state index contributed by atoms with van der Waals surface area (Å²) in [5.74, 6) is 0.958. The smallest absolute Gasteiger partial charge is 0.192 e. The van der Waals surface area contributed by atoms with Gasteiger partial charge in [-0.3, -0.25) is 0 Å². The summed E-state index contributed by atoms with van der Waals surface area (Å²) in [7, 11) is 2.39. The van der Waals surface area contributed by atoms with Gasteiger partial charge in [0.1, 0.15) is 0 Å². The third-order valence-corrected chi connectivity index (χ3v) is 13.6. The predicted octanol–water partition coefficient (Wildman–Crippen LogP) is 15.1. The lowest BCUT2D eigenvalue weighted by Gasteiger charge is -2.21. The Labute approximate surface area is 370 Å². The molecule has 0 saturated heterocycles. The van der Waals surface area contributed by atoms with Crippen LogP contribution < -0.4 is 10.9 Å². The maximum absolute atomic E-state index is 2.43. The van der Waals surface area contributed by atoms with Gasteiger partial charge in [0.25, 0.3) is 0 Å². The number of hydrogen-bond donors (Lipinski definition) is 0. The van der Waals surface area contributed by atoms with Crippen molar-refractivity contribution >= 4 is 40.0 Å². The molecule has 9 rings (SSSR count). The summed E-state index contributed by atoms with van der Waals surface area (Å²) in [6.45, 7) is 16.9. The van der Waals surface area contributed by atoms with E-state index in [0.29, 0.717) is 11.8 Å². The fourth-order valence-electron chi connectivity index (χ4n) is 10.1. The van der Waals surface area contributed by atoms with Crippen molar-refractivity contribution in [2.75, 3.05) is 0 Å². The lowest BCUT2D eigenvalue weighted by atomic mass is 9.58. The fourth-order valence-corrected chi connectivity index (χ4v) is 10.1. The van der Waals surface area contributed by atoms with Gasteiger partial charge in [-0.05, 0) is 127 Å². The zero-order valence-corrected chi connectivity index (χ0v) is 37.5. The van der Waals surface area contributed by atoms with E-state index in [1.807, 2.05) is 0 Å². The molecule has 1 nitrogen and oxygen atoms in total. The molecule has 1 aromatic heterocycles. The van der Waals surface area contributed by atoms with Crippen LogP contribution in [0.15, 0.2) is 170 Å². The molecule has 62 heavy (non-hydrogen) atoms. The maximum atomic E-state index is 2.43. The molecule has 1 heterocycles. The molecule has 0 bridgehead atoms. The lowest BCUT2D eigenvalue weighted by molar-refractivity contribution is 0.544. The SMILES string of the molecule is CCC(CC(C)c1ccc(-c2cc(C)c([B]c3c(C)cc(-c4ccccc4)cc3C)c(C)c2)cc1)c1ccc(-c2ccc(-c3cccc4c3c3ccccc3n4CC)cc2)cc1. The lowest BCUT2D eigenvalue weighted by Crippen LogP contribution is -2.34. The standard InChI is InChI=1S/C60H57BN/c1-8-44(47-26-28-48(29-27-47)49-30-32-51(33-31-49)54-19-15-21-57-58(54)55-18-13-14-20-56(55)62(57)9-2)34-39(3)45-22-24-50(25-23-45)53-37-42(6)60(43(7)38-53)61-59-40(4)35-52(36-41(59)5)46-16-11-10-12-17-46/h10-33,35-39,44H,8-9,34H2,1-7H3. The molecule has 2 atom stereocenters. The van der Waals surface area contributed by atoms with Gasteiger partial charge < -0.3 is 4.57 Å². The van der Waals surface area contributed by atoms with Crippen LogP contribution in [0.3, 0.4) is 0 Å². The Bertz CT molecular complexity index is 2960. The van der Waals surface area contributed by atoms with Crippen LogP contribution in [0.4, 0.5) is 0 Å². The normalized spacial score (nSPS) is 12.5. The quantitative estimate of drug-likeness (QED) is 0.108. The van der Waals surface area contributed by atoms with Crippen molar-refractivity contribution in [1.82, 2.24) is 4.57 Å². The van der Waals surface area contributed by atoms with Crippen molar-refractivity contribution in [3.8, 4) is 44.5 Å². The molecular formula is C60H57BN. The van der Waals surface area contributed by atoms with Crippen LogP contribution in [-0.2, 0) is 6.54 Å². The Morgan fingerprint density at radius 3 is 1.48 bits per heavy atom. The van der Waals surface area contributed by atoms with Gasteiger partial charge in [0.15, 0.2) is 7.28 Å². The molecule has 0 aliphatic heterocycles. The van der Waals surface area contributed by atoms with Crippen LogP contribution in [0.2, 0.25) is 0 Å². The van der Waals surface area contributed by atoms with E-state index in [1.165, 1.54) is 111 Å². The highest BCUT2D eigenvalue weighted by Crippen LogP contribution is 2.38. The largest absolute Gasteiger partial charge is 0.341 e. The average molecular weight is 803 g/mol. The monoisotopic (exact) mass is 802 g/mol. The van der Waals surface area contributed by atoms with E-state index in [-0.39, 0.29) is 0 Å². The number of para-hydroxylation sites is 1. The van der Waals surface area contributed by atoms with Crippen molar-refractivity contribution in [2.45, 2.75) is 79.7 Å². The number of rotatable bonds is 12. The molecule has 0 saturated carbocycles. The zero-order chi connectivity index (χ0) is 42.9. The van der Waals surface area contributed by atoms with Crippen LogP contribution in [0.25, 0.3) is 66.3 Å². The fraction of sp³-hybridized carbons (Fsp3) is 0.200. The minimum Gasteiger partial charge on any atom is -0.341 e. The number of aromatic nitrogens is 1. The van der Waals surface area contributed by atoms with Gasteiger partial charge >= 0.3 is 0 Å². The summed E-state index contributed by atoms with van der Waals surface area (Å²) < 4.78 is 2.43. The second-order valence-corrected chi connectivity index (χ2v) is 17.6. The van der Waals surface area contributed by atoms with Crippen LogP contribution in [0.5, 0.6) is 0 Å². The number of hydrogen-bond acceptors (Lipinski definition) is 0. The molecule has 0 amide bonds. The Morgan fingerprint density at radius 2 is 0.919 bits per heavy atom. The first-order chi connectivity index (χ1) is 30.2. The minimum absolute atomic E-state index is 0.456. The van der Waals surface area contributed by atoms with Gasteiger partial charge in [0, 0.05) is 28.4 Å². The van der Waals surface area contributed by atoms with Crippen molar-refractivity contribution < 1.29 is 0 Å². The Morgan fingerprint density at radius 1 is 0.452 bits per heavy atom. The molecule has 305 valence electrons. The van der Waals surface area contributed by atoms with Crippen molar-refractivity contribution in [2.24, 2.45) is 0 Å². The first kappa shape index (κ1) is 41.0. The van der Waals surface area contributed by atoms with E-state index in [2.05, 4.69) is 230 Å². The van der Waals surface area contributed by atoms with Crippen molar-refractivity contribution in [1.29, 1.82) is 0 Å². The number of nitrogens with zero attached hydrogens (tertiary/aromatic N) is 1. The summed E-state index contributed by atoms with van der Waals surface area (Å²) >= 11 is 0. The Hall–Kier alpha value is -6.38. The third kappa shape index (κ3) is 7.96. The molecule has 0 spiro atoms. The van der Waals surface area contributed by atoms with Crippen LogP contribution in [-0.4, -0.2) is 11.8 Å². The van der Waals surface area contributed by atoms with E-state index < -0.39 is 0 Å². The number of benzene rings is 8. The molecule has 8 aromatic carbocycles. The number of aryl methyl sites for hydroxylation is 5. The highest BCUT2D eigenvalue weighted by molar-refractivity contribution is 6.69. The van der Waals surface area contributed by atoms with E-state index >= 15 is 0 Å². The van der Waals surface area contributed by atoms with Gasteiger partial charge in [-0.15, -0.1) is 0 Å². The van der Waals surface area contributed by atoms with E-state index in [1.54, 1.807) is 0 Å². The second-order valence-electron chi connectivity index (χ2n) is 17.6. The van der Waals surface area contributed by atoms with Crippen LogP contribution in [0.1, 0.15) is 78.8 Å². The summed E-state index contributed by atoms with van der Waals surface area (Å²) in [6.07, 6.45) is 2.24. The van der Waals surface area contributed by atoms with Crippen molar-refractivity contribution in [3.05, 3.63) is 203 Å². The molecule has 2 heteroatoms. The summed E-state index contributed by atoms with van der Waals surface area (Å²) in [5, 5.41) is 2.67. The van der Waals surface area contributed by atoms with Crippen LogP contribution in [0, 0.1) is 27.7 Å². The van der Waals surface area contributed by atoms with Gasteiger partial charge in [0.05, 0.1) is 0 Å². The van der Waals surface area contributed by atoms with E-state index in [9.17, 15) is 0 Å². The second kappa shape index (κ2) is 17.5. The topological polar surface area (TPSA) is 4.93 Å². The van der Waals surface area contributed by atoms with Gasteiger partial charge in [-0.2, -0.15) is 0 Å². The molecule has 9 aromatic rings. The van der Waals surface area contributed by atoms with Crippen LogP contribution >= 0.6 is 0 Å². The van der Waals surface area contributed by atoms with E-state index in [4.69, 9.17) is 0 Å². The Balaban J connectivity index is 0.864. The Kier molecular flexibility index (Phi) is 11.6. The summed E-state index contributed by atoms with van der Waals surface area (Å²) in [4.78, 5) is 0. The summed E-state index contributed by atoms with van der Waals surface area (Å²) in [5.41, 5.74) is 23.5. The average Bonchev–Trinajstić information content (AvgIpc) is 3.64. The molecule has 2 unspecified atom stereocenters. The molecule has 1 radical (unpaired) electrons. The minimum atomic E-state index is 0.456. The van der Waals surface area contributed by atoms with Crippen molar-refractivity contribution in [3.63, 3.8) is 0 Å². The number of fused-ring (bicyclic) bond motifs is 3. The highest BCUT2D eigenvalue weighted by atomic mass is 15.0.